The summed E-state index contributed by atoms with van der Waals surface area (Å²) < 4.78 is 0. The molecule has 0 N–H and O–H groups in total. The summed E-state index contributed by atoms with van der Waals surface area (Å²) >= 11 is 0. The molecule has 4 heteroatoms. The summed E-state index contributed by atoms with van der Waals surface area (Å²) in [4.78, 5) is 11.8. The quantitative estimate of drug-likeness (QED) is 0.171. The van der Waals surface area contributed by atoms with E-state index in [1.165, 1.54) is 0 Å². The molecule has 0 aliphatic rings. The van der Waals surface area contributed by atoms with Crippen molar-refractivity contribution in [1.29, 1.82) is 5.26 Å². The van der Waals surface area contributed by atoms with E-state index in [-0.39, 0.29) is 0 Å². The molecule has 0 fully saturated rings. The molecule has 2 heterocycles. The Balaban J connectivity index is 1.41. The van der Waals surface area contributed by atoms with E-state index in [9.17, 15) is 5.26 Å². The summed E-state index contributed by atoms with van der Waals surface area (Å²) in [7, 11) is 0. The summed E-state index contributed by atoms with van der Waals surface area (Å²) in [6.45, 7) is 7.42. The van der Waals surface area contributed by atoms with Gasteiger partial charge in [0.2, 0.25) is 0 Å². The number of nitrogens with zero attached hydrogens (tertiary/aromatic N) is 4. The lowest BCUT2D eigenvalue weighted by Crippen LogP contribution is -1.97. The van der Waals surface area contributed by atoms with Crippen LogP contribution in [-0.2, 0) is 0 Å². The lowest BCUT2D eigenvalue weighted by atomic mass is 9.78. The summed E-state index contributed by atoms with van der Waals surface area (Å²) in [5.74, 6) is 0.382. The van der Waals surface area contributed by atoms with E-state index < -0.39 is 0 Å². The van der Waals surface area contributed by atoms with Crippen LogP contribution < -0.4 is 0 Å². The van der Waals surface area contributed by atoms with Gasteiger partial charge < -0.3 is 4.85 Å². The van der Waals surface area contributed by atoms with E-state index >= 15 is 0 Å². The van der Waals surface area contributed by atoms with Crippen molar-refractivity contribution in [2.45, 2.75) is 0 Å². The molecule has 0 spiro atoms. The van der Waals surface area contributed by atoms with Crippen LogP contribution in [0.2, 0.25) is 0 Å². The fourth-order valence-electron chi connectivity index (χ4n) is 6.81. The molecule has 0 atom stereocenters. The molecule has 0 amide bonds. The van der Waals surface area contributed by atoms with Gasteiger partial charge in [-0.05, 0) is 102 Å². The number of benzene rings is 6. The molecule has 8 rings (SSSR count). The van der Waals surface area contributed by atoms with Crippen LogP contribution in [0.1, 0.15) is 5.69 Å². The predicted molar refractivity (Wildman–Crippen MR) is 203 cm³/mol. The molecule has 8 aromatic rings. The molecule has 0 unspecified atom stereocenters. The fraction of sp³-hybridized carbons (Fsp3) is 0. The van der Waals surface area contributed by atoms with Crippen molar-refractivity contribution in [1.82, 2.24) is 9.97 Å². The third-order valence-corrected chi connectivity index (χ3v) is 9.09. The van der Waals surface area contributed by atoms with Gasteiger partial charge in [0.05, 0.1) is 0 Å². The van der Waals surface area contributed by atoms with Gasteiger partial charge in [0.15, 0.2) is 0 Å². The van der Waals surface area contributed by atoms with Crippen molar-refractivity contribution in [3.63, 3.8) is 0 Å². The molecule has 50 heavy (non-hydrogen) atoms. The van der Waals surface area contributed by atoms with Crippen LogP contribution in [0.3, 0.4) is 0 Å². The summed E-state index contributed by atoms with van der Waals surface area (Å²) in [5.41, 5.74) is 13.5. The first-order chi connectivity index (χ1) is 24.7. The Kier molecular flexibility index (Phi) is 7.95. The Hall–Kier alpha value is -7.14. The zero-order valence-electron chi connectivity index (χ0n) is 27.0. The van der Waals surface area contributed by atoms with Gasteiger partial charge in [0.1, 0.15) is 18.0 Å². The molecule has 0 aliphatic carbocycles. The Morgan fingerprint density at radius 3 is 1.32 bits per heavy atom. The minimum atomic E-state index is 0.382. The third-order valence-electron chi connectivity index (χ3n) is 9.09. The molecular weight excluding hydrogens is 609 g/mol. The smallest absolute Gasteiger partial charge is 0.270 e. The Morgan fingerprint density at radius 2 is 0.840 bits per heavy atom. The Bertz CT molecular complexity index is 2390. The molecule has 4 nitrogen and oxygen atoms in total. The highest BCUT2D eigenvalue weighted by Crippen LogP contribution is 2.51. The first-order valence-corrected chi connectivity index (χ1v) is 16.3. The van der Waals surface area contributed by atoms with Gasteiger partial charge in [-0.1, -0.05) is 140 Å². The van der Waals surface area contributed by atoms with Gasteiger partial charge in [-0.2, -0.15) is 5.26 Å². The molecular formula is C46H28N4. The van der Waals surface area contributed by atoms with E-state index in [4.69, 9.17) is 6.57 Å². The van der Waals surface area contributed by atoms with Gasteiger partial charge in [0, 0.05) is 6.20 Å². The zero-order valence-corrected chi connectivity index (χ0v) is 27.0. The maximum Gasteiger partial charge on any atom is 0.270 e. The normalized spacial score (nSPS) is 10.8. The first kappa shape index (κ1) is 30.2. The standard InChI is InChI=1S/C46H28N4/c1-48-42-29-38(25-27-50-42)32-18-22-36(23-19-32)44-41-15-9-8-14-40(41)43(35-20-16-31(17-21-35)37-24-26-49-39(28-37)30-47)45(33-10-4-2-5-11-33)46(44)34-12-6-3-7-13-34/h2-29H. The van der Waals surface area contributed by atoms with Crippen LogP contribution in [-0.4, -0.2) is 9.97 Å². The maximum atomic E-state index is 9.43. The molecule has 0 aliphatic heterocycles. The highest BCUT2D eigenvalue weighted by atomic mass is 14.8. The average molecular weight is 637 g/mol. The SMILES string of the molecule is [C-]#[N+]c1cc(-c2ccc(-c3c(-c4ccccc4)c(-c4ccccc4)c(-c4ccc(-c5ccnc(C#N)c5)cc4)c4ccccc34)cc2)ccn1. The van der Waals surface area contributed by atoms with Gasteiger partial charge in [-0.25, -0.2) is 4.98 Å². The topological polar surface area (TPSA) is 53.9 Å². The summed E-state index contributed by atoms with van der Waals surface area (Å²) in [5, 5.41) is 11.7. The second kappa shape index (κ2) is 13.2. The predicted octanol–water partition coefficient (Wildman–Crippen LogP) is 12.1. The number of hydrogen-bond acceptors (Lipinski definition) is 3. The van der Waals surface area contributed by atoms with Crippen LogP contribution in [0.5, 0.6) is 0 Å². The van der Waals surface area contributed by atoms with Crippen molar-refractivity contribution in [3.8, 4) is 72.8 Å². The van der Waals surface area contributed by atoms with Gasteiger partial charge in [-0.3, -0.25) is 0 Å². The molecule has 232 valence electrons. The van der Waals surface area contributed by atoms with Crippen molar-refractivity contribution < 1.29 is 0 Å². The number of rotatable bonds is 6. The second-order valence-corrected chi connectivity index (χ2v) is 12.0. The van der Waals surface area contributed by atoms with Crippen molar-refractivity contribution >= 4 is 16.6 Å². The molecule has 0 bridgehead atoms. The monoisotopic (exact) mass is 636 g/mol. The van der Waals surface area contributed by atoms with Crippen molar-refractivity contribution in [2.24, 2.45) is 0 Å². The molecule has 2 aromatic heterocycles. The minimum absolute atomic E-state index is 0.382. The Morgan fingerprint density at radius 1 is 0.420 bits per heavy atom. The van der Waals surface area contributed by atoms with Gasteiger partial charge >= 0.3 is 0 Å². The number of aromatic nitrogens is 2. The molecule has 0 saturated heterocycles. The maximum absolute atomic E-state index is 9.43. The number of hydrogen-bond donors (Lipinski definition) is 0. The highest BCUT2D eigenvalue weighted by Gasteiger charge is 2.24. The Labute approximate surface area is 291 Å². The van der Waals surface area contributed by atoms with E-state index in [0.29, 0.717) is 11.5 Å². The van der Waals surface area contributed by atoms with Crippen molar-refractivity contribution in [2.75, 3.05) is 0 Å². The minimum Gasteiger partial charge on any atom is -0.361 e. The van der Waals surface area contributed by atoms with Gasteiger partial charge in [0.25, 0.3) is 5.82 Å². The zero-order chi connectivity index (χ0) is 33.9. The van der Waals surface area contributed by atoms with Crippen LogP contribution in [0.4, 0.5) is 5.82 Å². The fourth-order valence-corrected chi connectivity index (χ4v) is 6.81. The van der Waals surface area contributed by atoms with E-state index in [1.807, 2.05) is 24.3 Å². The van der Waals surface area contributed by atoms with Gasteiger partial charge in [-0.15, -0.1) is 4.98 Å². The van der Waals surface area contributed by atoms with Crippen LogP contribution >= 0.6 is 0 Å². The van der Waals surface area contributed by atoms with E-state index in [0.717, 1.165) is 77.5 Å². The number of fused-ring (bicyclic) bond motifs is 1. The molecule has 0 saturated carbocycles. The van der Waals surface area contributed by atoms with Crippen molar-refractivity contribution in [3.05, 3.63) is 187 Å². The highest BCUT2D eigenvalue weighted by molar-refractivity contribution is 6.18. The summed E-state index contributed by atoms with van der Waals surface area (Å²) in [6.07, 6.45) is 3.37. The molecule has 6 aromatic carbocycles. The summed E-state index contributed by atoms with van der Waals surface area (Å²) in [6, 6.07) is 56.9. The lowest BCUT2D eigenvalue weighted by molar-refractivity contribution is 1.26. The number of nitriles is 1. The largest absolute Gasteiger partial charge is 0.361 e. The first-order valence-electron chi connectivity index (χ1n) is 16.3. The lowest BCUT2D eigenvalue weighted by Gasteiger charge is -2.24. The van der Waals surface area contributed by atoms with Crippen LogP contribution in [0, 0.1) is 17.9 Å². The van der Waals surface area contributed by atoms with E-state index in [2.05, 4.69) is 154 Å². The average Bonchev–Trinajstić information content (AvgIpc) is 3.20. The van der Waals surface area contributed by atoms with E-state index in [1.54, 1.807) is 12.4 Å². The van der Waals surface area contributed by atoms with Crippen LogP contribution in [0.15, 0.2) is 170 Å². The molecule has 0 radical (unpaired) electrons. The van der Waals surface area contributed by atoms with Crippen LogP contribution in [0.25, 0.3) is 82.4 Å². The third kappa shape index (κ3) is 5.58. The number of pyridine rings is 2. The second-order valence-electron chi connectivity index (χ2n) is 12.0.